The van der Waals surface area contributed by atoms with Gasteiger partial charge in [0.1, 0.15) is 0 Å². The number of hydrogen-bond donors (Lipinski definition) is 2. The molecule has 0 aromatic heterocycles. The van der Waals surface area contributed by atoms with Gasteiger partial charge in [-0.3, -0.25) is 4.90 Å². The second kappa shape index (κ2) is 5.07. The standard InChI is InChI=1S/C10H22N2O2/c1-10(2,3)14-7-9(13)6-12-5-4-11-8-12/h9,11,13H,4-8H2,1-3H3. The molecule has 1 saturated heterocycles. The molecule has 0 aliphatic carbocycles. The predicted octanol–water partition coefficient (Wildman–Crippen LogP) is 0.0251. The van der Waals surface area contributed by atoms with Crippen molar-refractivity contribution in [1.29, 1.82) is 0 Å². The Bertz CT molecular complexity index is 162. The first-order valence-corrected chi connectivity index (χ1v) is 5.22. The van der Waals surface area contributed by atoms with Crippen molar-refractivity contribution in [3.8, 4) is 0 Å². The lowest BCUT2D eigenvalue weighted by atomic mass is 10.2. The van der Waals surface area contributed by atoms with E-state index in [-0.39, 0.29) is 11.7 Å². The van der Waals surface area contributed by atoms with E-state index in [0.717, 1.165) is 19.8 Å². The maximum atomic E-state index is 9.68. The maximum Gasteiger partial charge on any atom is 0.0900 e. The van der Waals surface area contributed by atoms with Crippen LogP contribution in [-0.2, 0) is 4.74 Å². The van der Waals surface area contributed by atoms with E-state index >= 15 is 0 Å². The molecule has 1 atom stereocenters. The van der Waals surface area contributed by atoms with Crippen LogP contribution in [0.4, 0.5) is 0 Å². The third kappa shape index (κ3) is 4.91. The molecule has 84 valence electrons. The van der Waals surface area contributed by atoms with E-state index in [1.807, 2.05) is 20.8 Å². The molecular formula is C10H22N2O2. The molecule has 1 heterocycles. The van der Waals surface area contributed by atoms with Gasteiger partial charge in [-0.2, -0.15) is 0 Å². The minimum atomic E-state index is -0.380. The highest BCUT2D eigenvalue weighted by Gasteiger charge is 2.17. The Labute approximate surface area is 86.2 Å². The first kappa shape index (κ1) is 11.9. The summed E-state index contributed by atoms with van der Waals surface area (Å²) in [7, 11) is 0. The predicted molar refractivity (Wildman–Crippen MR) is 56.2 cm³/mol. The van der Waals surface area contributed by atoms with E-state index in [0.29, 0.717) is 13.2 Å². The zero-order chi connectivity index (χ0) is 10.6. The molecule has 1 unspecified atom stereocenters. The molecule has 0 radical (unpaired) electrons. The van der Waals surface area contributed by atoms with E-state index in [9.17, 15) is 5.11 Å². The number of rotatable bonds is 4. The average Bonchev–Trinajstić information content (AvgIpc) is 2.52. The lowest BCUT2D eigenvalue weighted by Gasteiger charge is -2.24. The Hall–Kier alpha value is -0.160. The fraction of sp³-hybridized carbons (Fsp3) is 1.00. The summed E-state index contributed by atoms with van der Waals surface area (Å²) < 4.78 is 5.50. The SMILES string of the molecule is CC(C)(C)OCC(O)CN1CCNC1. The Balaban J connectivity index is 2.12. The fourth-order valence-corrected chi connectivity index (χ4v) is 1.41. The van der Waals surface area contributed by atoms with Gasteiger partial charge in [0.15, 0.2) is 0 Å². The molecule has 4 nitrogen and oxygen atoms in total. The summed E-state index contributed by atoms with van der Waals surface area (Å²) in [5, 5.41) is 12.9. The first-order valence-electron chi connectivity index (χ1n) is 5.22. The largest absolute Gasteiger partial charge is 0.389 e. The topological polar surface area (TPSA) is 44.7 Å². The van der Waals surface area contributed by atoms with E-state index < -0.39 is 0 Å². The highest BCUT2D eigenvalue weighted by atomic mass is 16.5. The number of hydrogen-bond acceptors (Lipinski definition) is 4. The van der Waals surface area contributed by atoms with Crippen LogP contribution >= 0.6 is 0 Å². The summed E-state index contributed by atoms with van der Waals surface area (Å²) >= 11 is 0. The van der Waals surface area contributed by atoms with Crippen molar-refractivity contribution < 1.29 is 9.84 Å². The molecule has 1 aliphatic heterocycles. The first-order chi connectivity index (χ1) is 6.47. The van der Waals surface area contributed by atoms with Gasteiger partial charge >= 0.3 is 0 Å². The number of aliphatic hydroxyl groups excluding tert-OH is 1. The van der Waals surface area contributed by atoms with Crippen molar-refractivity contribution in [1.82, 2.24) is 10.2 Å². The van der Waals surface area contributed by atoms with Gasteiger partial charge in [0.25, 0.3) is 0 Å². The van der Waals surface area contributed by atoms with E-state index in [2.05, 4.69) is 10.2 Å². The molecule has 1 rings (SSSR count). The van der Waals surface area contributed by atoms with Gasteiger partial charge in [-0.25, -0.2) is 0 Å². The Kier molecular flexibility index (Phi) is 4.31. The minimum Gasteiger partial charge on any atom is -0.389 e. The molecule has 4 heteroatoms. The number of ether oxygens (including phenoxy) is 1. The summed E-state index contributed by atoms with van der Waals surface area (Å²) in [5.74, 6) is 0. The van der Waals surface area contributed by atoms with Crippen molar-refractivity contribution in [3.63, 3.8) is 0 Å². The third-order valence-corrected chi connectivity index (χ3v) is 2.12. The molecule has 0 amide bonds. The molecule has 0 saturated carbocycles. The molecule has 1 aliphatic rings. The fourth-order valence-electron chi connectivity index (χ4n) is 1.41. The molecule has 0 aromatic rings. The lowest BCUT2D eigenvalue weighted by Crippen LogP contribution is -2.36. The second-order valence-electron chi connectivity index (χ2n) is 4.81. The second-order valence-corrected chi connectivity index (χ2v) is 4.81. The van der Waals surface area contributed by atoms with Gasteiger partial charge in [-0.15, -0.1) is 0 Å². The quantitative estimate of drug-likeness (QED) is 0.675. The van der Waals surface area contributed by atoms with E-state index in [4.69, 9.17) is 4.74 Å². The summed E-state index contributed by atoms with van der Waals surface area (Å²) in [4.78, 5) is 2.19. The highest BCUT2D eigenvalue weighted by molar-refractivity contribution is 4.70. The molecule has 0 bridgehead atoms. The average molecular weight is 202 g/mol. The normalized spacial score (nSPS) is 21.4. The van der Waals surface area contributed by atoms with Crippen molar-refractivity contribution in [2.45, 2.75) is 32.5 Å². The van der Waals surface area contributed by atoms with Gasteiger partial charge in [0.05, 0.1) is 18.3 Å². The molecular weight excluding hydrogens is 180 g/mol. The smallest absolute Gasteiger partial charge is 0.0900 e. The van der Waals surface area contributed by atoms with Crippen LogP contribution < -0.4 is 5.32 Å². The Morgan fingerprint density at radius 1 is 1.50 bits per heavy atom. The number of nitrogens with one attached hydrogen (secondary N) is 1. The number of nitrogens with zero attached hydrogens (tertiary/aromatic N) is 1. The molecule has 2 N–H and O–H groups in total. The zero-order valence-electron chi connectivity index (χ0n) is 9.42. The van der Waals surface area contributed by atoms with Crippen molar-refractivity contribution in [3.05, 3.63) is 0 Å². The van der Waals surface area contributed by atoms with Gasteiger partial charge in [0.2, 0.25) is 0 Å². The molecule has 0 aromatic carbocycles. The van der Waals surface area contributed by atoms with Crippen molar-refractivity contribution >= 4 is 0 Å². The molecule has 0 spiro atoms. The number of aliphatic hydroxyl groups is 1. The third-order valence-electron chi connectivity index (χ3n) is 2.12. The van der Waals surface area contributed by atoms with Crippen LogP contribution in [0.15, 0.2) is 0 Å². The van der Waals surface area contributed by atoms with E-state index in [1.165, 1.54) is 0 Å². The van der Waals surface area contributed by atoms with Crippen LogP contribution in [0.5, 0.6) is 0 Å². The van der Waals surface area contributed by atoms with Crippen LogP contribution in [0.2, 0.25) is 0 Å². The Morgan fingerprint density at radius 3 is 2.71 bits per heavy atom. The van der Waals surface area contributed by atoms with Crippen LogP contribution in [0.3, 0.4) is 0 Å². The minimum absolute atomic E-state index is 0.162. The van der Waals surface area contributed by atoms with Gasteiger partial charge in [-0.1, -0.05) is 0 Å². The summed E-state index contributed by atoms with van der Waals surface area (Å²) in [6, 6.07) is 0. The van der Waals surface area contributed by atoms with Crippen LogP contribution in [0, 0.1) is 0 Å². The maximum absolute atomic E-state index is 9.68. The van der Waals surface area contributed by atoms with Crippen molar-refractivity contribution in [2.24, 2.45) is 0 Å². The van der Waals surface area contributed by atoms with Crippen LogP contribution in [0.25, 0.3) is 0 Å². The lowest BCUT2D eigenvalue weighted by molar-refractivity contribution is -0.0548. The molecule has 14 heavy (non-hydrogen) atoms. The summed E-state index contributed by atoms with van der Waals surface area (Å²) in [6.07, 6.45) is -0.380. The van der Waals surface area contributed by atoms with E-state index in [1.54, 1.807) is 0 Å². The monoisotopic (exact) mass is 202 g/mol. The summed E-state index contributed by atoms with van der Waals surface area (Å²) in [6.45, 7) is 10.0. The van der Waals surface area contributed by atoms with Gasteiger partial charge in [-0.05, 0) is 20.8 Å². The Morgan fingerprint density at radius 2 is 2.21 bits per heavy atom. The molecule has 1 fully saturated rings. The zero-order valence-corrected chi connectivity index (χ0v) is 9.42. The number of β-amino-alcohol motifs (C(OH)–C–C–N with tert-alkyl or cyclic N) is 1. The van der Waals surface area contributed by atoms with Crippen LogP contribution in [-0.4, -0.2) is 54.6 Å². The van der Waals surface area contributed by atoms with Gasteiger partial charge < -0.3 is 15.2 Å². The van der Waals surface area contributed by atoms with Crippen molar-refractivity contribution in [2.75, 3.05) is 32.9 Å². The van der Waals surface area contributed by atoms with Gasteiger partial charge in [0, 0.05) is 26.3 Å². The highest BCUT2D eigenvalue weighted by Crippen LogP contribution is 2.07. The summed E-state index contributed by atoms with van der Waals surface area (Å²) in [5.41, 5.74) is -0.162. The van der Waals surface area contributed by atoms with Crippen LogP contribution in [0.1, 0.15) is 20.8 Å².